The molecule has 1 atom stereocenters. The zero-order valence-corrected chi connectivity index (χ0v) is 17.8. The molecule has 0 unspecified atom stereocenters. The largest absolute Gasteiger partial charge is 0.481 e. The molecule has 0 bridgehead atoms. The van der Waals surface area contributed by atoms with Crippen LogP contribution in [0.25, 0.3) is 5.69 Å². The number of nitrogens with one attached hydrogen (secondary N) is 1. The number of carbonyl (C=O) groups excluding carboxylic acids is 1. The van der Waals surface area contributed by atoms with Crippen molar-refractivity contribution in [2.45, 2.75) is 19.4 Å². The molecule has 0 aliphatic heterocycles. The summed E-state index contributed by atoms with van der Waals surface area (Å²) in [7, 11) is -1.60. The molecule has 162 valence electrons. The Morgan fingerprint density at radius 1 is 1.13 bits per heavy atom. The van der Waals surface area contributed by atoms with Crippen LogP contribution in [0.3, 0.4) is 0 Å². The molecule has 2 N–H and O–H groups in total. The van der Waals surface area contributed by atoms with Crippen LogP contribution in [0.4, 0.5) is 5.82 Å². The summed E-state index contributed by atoms with van der Waals surface area (Å²) in [6, 6.07) is 16.5. The average molecular weight is 442 g/mol. The molecule has 2 aromatic carbocycles. The van der Waals surface area contributed by atoms with Gasteiger partial charge in [-0.2, -0.15) is 5.10 Å². The second-order valence-electron chi connectivity index (χ2n) is 6.88. The van der Waals surface area contributed by atoms with E-state index in [1.54, 1.807) is 42.5 Å². The maximum atomic E-state index is 13.0. The van der Waals surface area contributed by atoms with E-state index in [4.69, 9.17) is 0 Å². The van der Waals surface area contributed by atoms with Gasteiger partial charge in [-0.1, -0.05) is 42.5 Å². The fraction of sp³-hybridized carbons (Fsp3) is 0.190. The van der Waals surface area contributed by atoms with E-state index in [1.807, 2.05) is 19.1 Å². The Morgan fingerprint density at radius 2 is 1.77 bits per heavy atom. The first-order chi connectivity index (χ1) is 14.8. The lowest BCUT2D eigenvalue weighted by atomic mass is 9.98. The Balaban J connectivity index is 1.98. The summed E-state index contributed by atoms with van der Waals surface area (Å²) in [4.78, 5) is 24.3. The number of amides is 1. The number of thiol groups is 1. The Morgan fingerprint density at radius 3 is 2.39 bits per heavy atom. The smallest absolute Gasteiger partial charge is 0.305 e. The number of carboxylic acids is 1. The number of nitrogens with zero attached hydrogens (tertiary/aromatic N) is 3. The first-order valence-corrected chi connectivity index (χ1v) is 10.5. The van der Waals surface area contributed by atoms with Crippen molar-refractivity contribution < 1.29 is 23.1 Å². The fourth-order valence-corrected chi connectivity index (χ4v) is 3.49. The zero-order chi connectivity index (χ0) is 22.5. The van der Waals surface area contributed by atoms with Crippen molar-refractivity contribution in [3.05, 3.63) is 77.5 Å². The van der Waals surface area contributed by atoms with Crippen LogP contribution < -0.4 is 9.62 Å². The minimum Gasteiger partial charge on any atom is -0.481 e. The highest BCUT2D eigenvalue weighted by Gasteiger charge is 2.24. The van der Waals surface area contributed by atoms with E-state index in [1.165, 1.54) is 17.8 Å². The highest BCUT2D eigenvalue weighted by atomic mass is 32.2. The number of hydrogen-bond donors (Lipinski definition) is 3. The molecule has 0 spiro atoms. The van der Waals surface area contributed by atoms with Gasteiger partial charge in [0, 0.05) is 13.1 Å². The predicted octanol–water partition coefficient (Wildman–Crippen LogP) is 2.09. The summed E-state index contributed by atoms with van der Waals surface area (Å²) in [5.41, 5.74) is 2.06. The van der Waals surface area contributed by atoms with Gasteiger partial charge >= 0.3 is 5.97 Å². The van der Waals surface area contributed by atoms with Gasteiger partial charge in [0.25, 0.3) is 5.91 Å². The number of aryl methyl sites for hydroxylation is 1. The van der Waals surface area contributed by atoms with E-state index < -0.39 is 28.8 Å². The molecular formula is C21H22N4O5S. The first-order valence-electron chi connectivity index (χ1n) is 9.39. The van der Waals surface area contributed by atoms with Crippen LogP contribution in [-0.4, -0.2) is 42.2 Å². The summed E-state index contributed by atoms with van der Waals surface area (Å²) in [5, 5.41) is 16.3. The number of anilines is 1. The van der Waals surface area contributed by atoms with E-state index in [-0.39, 0.29) is 17.9 Å². The van der Waals surface area contributed by atoms with Gasteiger partial charge in [-0.15, -0.1) is 0 Å². The van der Waals surface area contributed by atoms with Gasteiger partial charge < -0.3 is 10.4 Å². The lowest BCUT2D eigenvalue weighted by Gasteiger charge is -2.18. The minimum atomic E-state index is -2.96. The highest BCUT2D eigenvalue weighted by molar-refractivity contribution is 7.74. The predicted molar refractivity (Wildman–Crippen MR) is 116 cm³/mol. The van der Waals surface area contributed by atoms with Crippen LogP contribution >= 0.6 is 0 Å². The van der Waals surface area contributed by atoms with Crippen LogP contribution in [0.15, 0.2) is 60.7 Å². The monoisotopic (exact) mass is 442 g/mol. The van der Waals surface area contributed by atoms with E-state index in [2.05, 4.69) is 10.4 Å². The standard InChI is InChI=1S/C21H22N4O5S/c1-14-8-6-7-11-16(14)17(13-20(26)27)22-21(28)18-12-19(24(2)31(29)30)25(23-18)15-9-4-3-5-10-15/h3-12,17,31H,13H2,1-2H3,(H,22,28)(H,26,27)/t17-/m0/s1. The van der Waals surface area contributed by atoms with E-state index in [9.17, 15) is 23.1 Å². The second kappa shape index (κ2) is 9.43. The molecule has 3 rings (SSSR count). The number of carboxylic acid groups (broad SMARTS) is 1. The van der Waals surface area contributed by atoms with Gasteiger partial charge in [0.1, 0.15) is 5.82 Å². The Hall–Kier alpha value is -3.66. The average Bonchev–Trinajstić information content (AvgIpc) is 3.19. The lowest BCUT2D eigenvalue weighted by Crippen LogP contribution is -2.31. The SMILES string of the molecule is Cc1ccccc1[C@H](CC(=O)O)NC(=O)c1cc(N(C)[SH](=O)=O)n(-c2ccccc2)n1. The van der Waals surface area contributed by atoms with E-state index in [0.29, 0.717) is 11.3 Å². The van der Waals surface area contributed by atoms with Crippen LogP contribution in [0.1, 0.15) is 34.1 Å². The molecule has 0 saturated carbocycles. The molecule has 0 fully saturated rings. The highest BCUT2D eigenvalue weighted by Crippen LogP contribution is 2.24. The Kier molecular flexibility index (Phi) is 6.71. The molecule has 0 aliphatic carbocycles. The summed E-state index contributed by atoms with van der Waals surface area (Å²) >= 11 is 0. The van der Waals surface area contributed by atoms with Crippen molar-refractivity contribution in [3.63, 3.8) is 0 Å². The van der Waals surface area contributed by atoms with Crippen molar-refractivity contribution >= 4 is 28.6 Å². The quantitative estimate of drug-likeness (QED) is 0.459. The lowest BCUT2D eigenvalue weighted by molar-refractivity contribution is -0.137. The fourth-order valence-electron chi connectivity index (χ4n) is 3.18. The number of rotatable bonds is 8. The Bertz CT molecular complexity index is 1170. The maximum absolute atomic E-state index is 13.0. The Labute approximate surface area is 181 Å². The van der Waals surface area contributed by atoms with Gasteiger partial charge in [-0.25, -0.2) is 13.1 Å². The molecule has 31 heavy (non-hydrogen) atoms. The van der Waals surface area contributed by atoms with Gasteiger partial charge in [-0.3, -0.25) is 13.9 Å². The van der Waals surface area contributed by atoms with Gasteiger partial charge in [-0.05, 0) is 30.2 Å². The number of para-hydroxylation sites is 1. The normalized spacial score (nSPS) is 11.8. The van der Waals surface area contributed by atoms with Crippen molar-refractivity contribution in [2.75, 3.05) is 11.4 Å². The van der Waals surface area contributed by atoms with Gasteiger partial charge in [0.2, 0.25) is 10.9 Å². The number of aliphatic carboxylic acids is 1. The van der Waals surface area contributed by atoms with Crippen molar-refractivity contribution in [1.29, 1.82) is 0 Å². The molecule has 1 aromatic heterocycles. The minimum absolute atomic E-state index is 0.0356. The zero-order valence-electron chi connectivity index (χ0n) is 16.9. The van der Waals surface area contributed by atoms with Crippen LogP contribution in [0, 0.1) is 6.92 Å². The molecule has 1 heterocycles. The summed E-state index contributed by atoms with van der Waals surface area (Å²) < 4.78 is 25.4. The third-order valence-electron chi connectivity index (χ3n) is 4.75. The third-order valence-corrected chi connectivity index (χ3v) is 5.44. The summed E-state index contributed by atoms with van der Waals surface area (Å²) in [6.45, 7) is 1.83. The van der Waals surface area contributed by atoms with Gasteiger partial charge in [0.15, 0.2) is 5.69 Å². The molecule has 0 radical (unpaired) electrons. The molecule has 10 heteroatoms. The molecule has 0 saturated heterocycles. The van der Waals surface area contributed by atoms with Gasteiger partial charge in [0.05, 0.1) is 18.2 Å². The molecule has 0 aliphatic rings. The number of carbonyl (C=O) groups is 2. The topological polar surface area (TPSA) is 122 Å². The molecular weight excluding hydrogens is 420 g/mol. The number of benzene rings is 2. The summed E-state index contributed by atoms with van der Waals surface area (Å²) in [5.74, 6) is -1.50. The first kappa shape index (κ1) is 22.0. The number of aromatic nitrogens is 2. The van der Waals surface area contributed by atoms with Crippen LogP contribution in [0.5, 0.6) is 0 Å². The van der Waals surface area contributed by atoms with E-state index in [0.717, 1.165) is 9.87 Å². The molecule has 9 nitrogen and oxygen atoms in total. The third kappa shape index (κ3) is 5.10. The van der Waals surface area contributed by atoms with Crippen molar-refractivity contribution in [3.8, 4) is 5.69 Å². The van der Waals surface area contributed by atoms with Crippen LogP contribution in [0.2, 0.25) is 0 Å². The van der Waals surface area contributed by atoms with Crippen molar-refractivity contribution in [2.24, 2.45) is 0 Å². The maximum Gasteiger partial charge on any atom is 0.305 e. The van der Waals surface area contributed by atoms with Crippen molar-refractivity contribution in [1.82, 2.24) is 15.1 Å². The number of hydrogen-bond acceptors (Lipinski definition) is 5. The second-order valence-corrected chi connectivity index (χ2v) is 7.95. The molecule has 3 aromatic rings. The van der Waals surface area contributed by atoms with E-state index >= 15 is 0 Å². The summed E-state index contributed by atoms with van der Waals surface area (Å²) in [6.07, 6.45) is -0.310. The molecule has 1 amide bonds. The van der Waals surface area contributed by atoms with Crippen LogP contribution in [-0.2, 0) is 15.7 Å².